The van der Waals surface area contributed by atoms with E-state index in [4.69, 9.17) is 4.74 Å². The predicted molar refractivity (Wildman–Crippen MR) is 48.9 cm³/mol. The van der Waals surface area contributed by atoms with E-state index in [2.05, 4.69) is 18.9 Å². The Labute approximate surface area is 74.9 Å². The molecule has 0 aromatic carbocycles. The minimum Gasteiger partial charge on any atom is -0.363 e. The maximum Gasteiger partial charge on any atom is 0.0994 e. The Bertz CT molecular complexity index is 142. The summed E-state index contributed by atoms with van der Waals surface area (Å²) < 4.78 is 5.69. The average Bonchev–Trinajstić information content (AvgIpc) is 2.12. The molecule has 0 N–H and O–H groups in total. The third-order valence-corrected chi connectivity index (χ3v) is 3.49. The van der Waals surface area contributed by atoms with Crippen LogP contribution in [0.3, 0.4) is 0 Å². The largest absolute Gasteiger partial charge is 0.363 e. The molecule has 1 aliphatic carbocycles. The molecule has 2 nitrogen and oxygen atoms in total. The minimum atomic E-state index is 0.492. The van der Waals surface area contributed by atoms with Crippen molar-refractivity contribution in [3.63, 3.8) is 0 Å². The van der Waals surface area contributed by atoms with Crippen LogP contribution in [-0.4, -0.2) is 30.8 Å². The molecule has 2 rings (SSSR count). The van der Waals surface area contributed by atoms with Gasteiger partial charge < -0.3 is 4.74 Å². The van der Waals surface area contributed by atoms with Gasteiger partial charge in [-0.25, -0.2) is 0 Å². The number of nitrogens with zero attached hydrogens (tertiary/aromatic N) is 1. The minimum absolute atomic E-state index is 0.492. The first kappa shape index (κ1) is 8.52. The molecule has 2 fully saturated rings. The van der Waals surface area contributed by atoms with Gasteiger partial charge in [-0.15, -0.1) is 0 Å². The summed E-state index contributed by atoms with van der Waals surface area (Å²) in [5, 5.41) is 0. The Hall–Kier alpha value is -0.0800. The van der Waals surface area contributed by atoms with Gasteiger partial charge >= 0.3 is 0 Å². The number of hydrogen-bond donors (Lipinski definition) is 0. The van der Waals surface area contributed by atoms with Gasteiger partial charge in [-0.2, -0.15) is 0 Å². The van der Waals surface area contributed by atoms with Gasteiger partial charge in [0.2, 0.25) is 0 Å². The molecule has 1 saturated heterocycles. The Balaban J connectivity index is 2.05. The van der Waals surface area contributed by atoms with Gasteiger partial charge in [-0.1, -0.05) is 12.8 Å². The van der Waals surface area contributed by atoms with Crippen LogP contribution in [0.1, 0.15) is 32.6 Å². The zero-order valence-corrected chi connectivity index (χ0v) is 8.12. The van der Waals surface area contributed by atoms with Crippen LogP contribution in [0.25, 0.3) is 0 Å². The highest BCUT2D eigenvalue weighted by molar-refractivity contribution is 4.87. The second-order valence-electron chi connectivity index (χ2n) is 4.27. The van der Waals surface area contributed by atoms with E-state index >= 15 is 0 Å². The highest BCUT2D eigenvalue weighted by atomic mass is 16.5. The summed E-state index contributed by atoms with van der Waals surface area (Å²) in [6.45, 7) is 3.07. The van der Waals surface area contributed by atoms with Crippen molar-refractivity contribution in [2.75, 3.05) is 13.8 Å². The zero-order valence-electron chi connectivity index (χ0n) is 8.12. The molecule has 12 heavy (non-hydrogen) atoms. The van der Waals surface area contributed by atoms with Crippen molar-refractivity contribution >= 4 is 0 Å². The average molecular weight is 169 g/mol. The Morgan fingerprint density at radius 2 is 2.00 bits per heavy atom. The quantitative estimate of drug-likeness (QED) is 0.549. The SMILES string of the molecule is CC1OCN(C)C2CCCCC12. The second-order valence-corrected chi connectivity index (χ2v) is 4.27. The summed E-state index contributed by atoms with van der Waals surface area (Å²) in [5.41, 5.74) is 0. The van der Waals surface area contributed by atoms with Crippen molar-refractivity contribution in [2.45, 2.75) is 44.8 Å². The normalized spacial score (nSPS) is 44.0. The van der Waals surface area contributed by atoms with Crippen LogP contribution < -0.4 is 0 Å². The van der Waals surface area contributed by atoms with Crippen LogP contribution in [0.4, 0.5) is 0 Å². The molecular formula is C10H19NO. The van der Waals surface area contributed by atoms with Crippen LogP contribution >= 0.6 is 0 Å². The number of ether oxygens (including phenoxy) is 1. The maximum atomic E-state index is 5.69. The Morgan fingerprint density at radius 3 is 2.75 bits per heavy atom. The fraction of sp³-hybridized carbons (Fsp3) is 1.00. The summed E-state index contributed by atoms with van der Waals surface area (Å²) in [4.78, 5) is 2.38. The van der Waals surface area contributed by atoms with E-state index in [0.29, 0.717) is 6.10 Å². The number of rotatable bonds is 0. The Morgan fingerprint density at radius 1 is 1.25 bits per heavy atom. The molecule has 0 spiro atoms. The fourth-order valence-corrected chi connectivity index (χ4v) is 2.69. The highest BCUT2D eigenvalue weighted by Crippen LogP contribution is 2.34. The highest BCUT2D eigenvalue weighted by Gasteiger charge is 2.36. The van der Waals surface area contributed by atoms with Gasteiger partial charge in [-0.3, -0.25) is 4.90 Å². The molecule has 0 aromatic rings. The van der Waals surface area contributed by atoms with Crippen molar-refractivity contribution in [3.8, 4) is 0 Å². The molecule has 2 aliphatic rings. The molecule has 0 aromatic heterocycles. The van der Waals surface area contributed by atoms with E-state index in [0.717, 1.165) is 18.7 Å². The summed E-state index contributed by atoms with van der Waals surface area (Å²) in [6.07, 6.45) is 6.07. The molecule has 0 radical (unpaired) electrons. The van der Waals surface area contributed by atoms with Gasteiger partial charge in [0, 0.05) is 12.0 Å². The van der Waals surface area contributed by atoms with Crippen LogP contribution in [0.15, 0.2) is 0 Å². The Kier molecular flexibility index (Phi) is 2.37. The van der Waals surface area contributed by atoms with Crippen LogP contribution in [0.2, 0.25) is 0 Å². The van der Waals surface area contributed by atoms with Crippen molar-refractivity contribution in [1.29, 1.82) is 0 Å². The number of fused-ring (bicyclic) bond motifs is 1. The maximum absolute atomic E-state index is 5.69. The zero-order chi connectivity index (χ0) is 8.55. The first-order valence-corrected chi connectivity index (χ1v) is 5.11. The molecule has 1 saturated carbocycles. The fourth-order valence-electron chi connectivity index (χ4n) is 2.69. The first-order valence-electron chi connectivity index (χ1n) is 5.11. The van der Waals surface area contributed by atoms with Gasteiger partial charge in [0.15, 0.2) is 0 Å². The third-order valence-electron chi connectivity index (χ3n) is 3.49. The van der Waals surface area contributed by atoms with E-state index in [1.54, 1.807) is 0 Å². The van der Waals surface area contributed by atoms with Crippen LogP contribution in [0, 0.1) is 5.92 Å². The van der Waals surface area contributed by atoms with Gasteiger partial charge in [0.1, 0.15) is 0 Å². The lowest BCUT2D eigenvalue weighted by molar-refractivity contribution is -0.127. The smallest absolute Gasteiger partial charge is 0.0994 e. The molecule has 0 amide bonds. The van der Waals surface area contributed by atoms with Crippen molar-refractivity contribution in [2.24, 2.45) is 5.92 Å². The summed E-state index contributed by atoms with van der Waals surface area (Å²) >= 11 is 0. The molecule has 3 atom stereocenters. The summed E-state index contributed by atoms with van der Waals surface area (Å²) in [7, 11) is 2.19. The van der Waals surface area contributed by atoms with Crippen LogP contribution in [-0.2, 0) is 4.74 Å². The summed E-state index contributed by atoms with van der Waals surface area (Å²) in [5.74, 6) is 0.803. The van der Waals surface area contributed by atoms with E-state index in [9.17, 15) is 0 Å². The van der Waals surface area contributed by atoms with E-state index < -0.39 is 0 Å². The molecule has 70 valence electrons. The van der Waals surface area contributed by atoms with Crippen molar-refractivity contribution in [1.82, 2.24) is 4.90 Å². The van der Waals surface area contributed by atoms with Crippen LogP contribution in [0.5, 0.6) is 0 Å². The third kappa shape index (κ3) is 1.38. The molecular weight excluding hydrogens is 150 g/mol. The van der Waals surface area contributed by atoms with Crippen molar-refractivity contribution < 1.29 is 4.74 Å². The van der Waals surface area contributed by atoms with E-state index in [1.165, 1.54) is 25.7 Å². The van der Waals surface area contributed by atoms with E-state index in [1.807, 2.05) is 0 Å². The molecule has 1 aliphatic heterocycles. The summed E-state index contributed by atoms with van der Waals surface area (Å²) in [6, 6.07) is 0.808. The molecule has 0 bridgehead atoms. The van der Waals surface area contributed by atoms with E-state index in [-0.39, 0.29) is 0 Å². The molecule has 1 heterocycles. The molecule has 2 heteroatoms. The lowest BCUT2D eigenvalue weighted by Crippen LogP contribution is -2.51. The lowest BCUT2D eigenvalue weighted by Gasteiger charge is -2.45. The first-order chi connectivity index (χ1) is 5.79. The predicted octanol–water partition coefficient (Wildman–Crippen LogP) is 1.85. The monoisotopic (exact) mass is 169 g/mol. The van der Waals surface area contributed by atoms with Gasteiger partial charge in [0.25, 0.3) is 0 Å². The lowest BCUT2D eigenvalue weighted by atomic mass is 9.80. The second kappa shape index (κ2) is 3.35. The van der Waals surface area contributed by atoms with Gasteiger partial charge in [-0.05, 0) is 26.8 Å². The van der Waals surface area contributed by atoms with Gasteiger partial charge in [0.05, 0.1) is 12.8 Å². The standard InChI is InChI=1S/C10H19NO/c1-8-9-5-3-4-6-10(9)11(2)7-12-8/h8-10H,3-7H2,1-2H3. The topological polar surface area (TPSA) is 12.5 Å². The molecule has 3 unspecified atom stereocenters. The number of hydrogen-bond acceptors (Lipinski definition) is 2. The van der Waals surface area contributed by atoms with Crippen molar-refractivity contribution in [3.05, 3.63) is 0 Å².